The Morgan fingerprint density at radius 2 is 2.14 bits per heavy atom. The molecule has 116 valence electrons. The number of ether oxygens (including phenoxy) is 1. The van der Waals surface area contributed by atoms with Gasteiger partial charge in [0.2, 0.25) is 0 Å². The summed E-state index contributed by atoms with van der Waals surface area (Å²) in [6.07, 6.45) is 2.14. The molecule has 4 nitrogen and oxygen atoms in total. The molecule has 0 fully saturated rings. The van der Waals surface area contributed by atoms with Gasteiger partial charge in [-0.1, -0.05) is 24.9 Å². The first kappa shape index (κ1) is 17.7. The maximum absolute atomic E-state index is 11.7. The first-order chi connectivity index (χ1) is 9.97. The van der Waals surface area contributed by atoms with Crippen LogP contribution in [0.4, 0.5) is 5.69 Å². The first-order valence-corrected chi connectivity index (χ1v) is 7.80. The van der Waals surface area contributed by atoms with Gasteiger partial charge in [-0.2, -0.15) is 0 Å². The van der Waals surface area contributed by atoms with Gasteiger partial charge in [0, 0.05) is 11.7 Å². The van der Waals surface area contributed by atoms with Crippen LogP contribution in [0.15, 0.2) is 18.2 Å². The van der Waals surface area contributed by atoms with Gasteiger partial charge in [-0.3, -0.25) is 0 Å². The van der Waals surface area contributed by atoms with Crippen LogP contribution in [-0.2, 0) is 4.74 Å². The third-order valence-corrected chi connectivity index (χ3v) is 3.35. The summed E-state index contributed by atoms with van der Waals surface area (Å²) in [4.78, 5) is 11.7. The Bertz CT molecular complexity index is 508. The van der Waals surface area contributed by atoms with Crippen molar-refractivity contribution in [3.8, 4) is 0 Å². The second-order valence-electron chi connectivity index (χ2n) is 4.70. The van der Waals surface area contributed by atoms with Gasteiger partial charge in [-0.25, -0.2) is 4.79 Å². The maximum Gasteiger partial charge on any atom is 0.339 e. The molecular weight excluding hydrogens is 308 g/mol. The highest BCUT2D eigenvalue weighted by atomic mass is 35.5. The van der Waals surface area contributed by atoms with E-state index in [1.165, 1.54) is 0 Å². The lowest BCUT2D eigenvalue weighted by Gasteiger charge is -2.16. The number of carbonyl (C=O) groups excluding carboxylic acids is 1. The molecule has 0 heterocycles. The summed E-state index contributed by atoms with van der Waals surface area (Å²) in [7, 11) is 0. The number of hydrogen-bond acceptors (Lipinski definition) is 3. The Hall–Kier alpha value is -1.33. The van der Waals surface area contributed by atoms with E-state index in [1.54, 1.807) is 25.1 Å². The molecule has 2 N–H and O–H groups in total. The summed E-state index contributed by atoms with van der Waals surface area (Å²) in [5, 5.41) is 7.12. The summed E-state index contributed by atoms with van der Waals surface area (Å²) >= 11 is 11.3. The number of anilines is 1. The van der Waals surface area contributed by atoms with Crippen LogP contribution in [-0.4, -0.2) is 23.7 Å². The topological polar surface area (TPSA) is 50.4 Å². The zero-order valence-corrected chi connectivity index (χ0v) is 14.1. The summed E-state index contributed by atoms with van der Waals surface area (Å²) < 4.78 is 4.93. The summed E-state index contributed by atoms with van der Waals surface area (Å²) in [5.74, 6) is -0.425. The maximum atomic E-state index is 11.7. The van der Waals surface area contributed by atoms with E-state index in [2.05, 4.69) is 24.5 Å². The normalized spacial score (nSPS) is 11.6. The van der Waals surface area contributed by atoms with Gasteiger partial charge in [-0.15, -0.1) is 0 Å². The minimum Gasteiger partial charge on any atom is -0.462 e. The second-order valence-corrected chi connectivity index (χ2v) is 5.52. The number of thiocarbonyl (C=S) groups is 1. The standard InChI is InChI=1S/C15H21ClN2O2S/c1-4-6-10(3)17-15(21)18-11-7-8-12(13(16)9-11)14(19)20-5-2/h7-10H,4-6H2,1-3H3,(H2,17,18,21)/t10-/m0/s1. The van der Waals surface area contributed by atoms with Crippen LogP contribution in [0, 0.1) is 0 Å². The predicted octanol–water partition coefficient (Wildman–Crippen LogP) is 3.99. The van der Waals surface area contributed by atoms with Crippen molar-refractivity contribution in [3.05, 3.63) is 28.8 Å². The largest absolute Gasteiger partial charge is 0.462 e. The number of halogens is 1. The Kier molecular flexibility index (Phi) is 7.47. The minimum absolute atomic E-state index is 0.310. The molecule has 0 unspecified atom stereocenters. The molecular formula is C15H21ClN2O2S. The van der Waals surface area contributed by atoms with Crippen molar-refractivity contribution in [2.24, 2.45) is 0 Å². The molecule has 0 aliphatic carbocycles. The van der Waals surface area contributed by atoms with Crippen LogP contribution in [0.1, 0.15) is 44.0 Å². The van der Waals surface area contributed by atoms with Gasteiger partial charge in [0.15, 0.2) is 5.11 Å². The molecule has 0 aliphatic heterocycles. The molecule has 21 heavy (non-hydrogen) atoms. The number of benzene rings is 1. The Labute approximate surface area is 136 Å². The fourth-order valence-electron chi connectivity index (χ4n) is 1.86. The second kappa shape index (κ2) is 8.85. The molecule has 0 saturated heterocycles. The van der Waals surface area contributed by atoms with Crippen molar-refractivity contribution in [3.63, 3.8) is 0 Å². The number of carbonyl (C=O) groups is 1. The molecule has 0 aliphatic rings. The summed E-state index contributed by atoms with van der Waals surface area (Å²) in [6, 6.07) is 5.34. The minimum atomic E-state index is -0.425. The fourth-order valence-corrected chi connectivity index (χ4v) is 2.44. The van der Waals surface area contributed by atoms with Crippen molar-refractivity contribution in [1.29, 1.82) is 0 Å². The summed E-state index contributed by atoms with van der Waals surface area (Å²) in [6.45, 7) is 6.28. The van der Waals surface area contributed by atoms with Crippen LogP contribution in [0.25, 0.3) is 0 Å². The number of rotatable bonds is 6. The van der Waals surface area contributed by atoms with E-state index in [1.807, 2.05) is 0 Å². The SMILES string of the molecule is CCC[C@H](C)NC(=S)Nc1ccc(C(=O)OCC)c(Cl)c1. The third kappa shape index (κ3) is 5.89. The van der Waals surface area contributed by atoms with E-state index >= 15 is 0 Å². The Morgan fingerprint density at radius 3 is 2.71 bits per heavy atom. The van der Waals surface area contributed by atoms with E-state index in [4.69, 9.17) is 28.6 Å². The van der Waals surface area contributed by atoms with E-state index < -0.39 is 5.97 Å². The lowest BCUT2D eigenvalue weighted by Crippen LogP contribution is -2.35. The fraction of sp³-hybridized carbons (Fsp3) is 0.467. The third-order valence-electron chi connectivity index (χ3n) is 2.82. The Morgan fingerprint density at radius 1 is 1.43 bits per heavy atom. The molecule has 0 spiro atoms. The first-order valence-electron chi connectivity index (χ1n) is 7.02. The molecule has 0 aromatic heterocycles. The summed E-state index contributed by atoms with van der Waals surface area (Å²) in [5.41, 5.74) is 1.08. The van der Waals surface area contributed by atoms with Crippen LogP contribution in [0.3, 0.4) is 0 Å². The van der Waals surface area contributed by atoms with E-state index in [9.17, 15) is 4.79 Å². The van der Waals surface area contributed by atoms with E-state index in [0.717, 1.165) is 18.5 Å². The molecule has 6 heteroatoms. The number of nitrogens with one attached hydrogen (secondary N) is 2. The monoisotopic (exact) mass is 328 g/mol. The Balaban J connectivity index is 2.67. The van der Waals surface area contributed by atoms with Crippen LogP contribution in [0.2, 0.25) is 5.02 Å². The lowest BCUT2D eigenvalue weighted by atomic mass is 10.2. The highest BCUT2D eigenvalue weighted by Crippen LogP contribution is 2.21. The van der Waals surface area contributed by atoms with Crippen molar-refractivity contribution in [1.82, 2.24) is 5.32 Å². The highest BCUT2D eigenvalue weighted by Gasteiger charge is 2.12. The van der Waals surface area contributed by atoms with E-state index in [-0.39, 0.29) is 0 Å². The van der Waals surface area contributed by atoms with Crippen molar-refractivity contribution < 1.29 is 9.53 Å². The van der Waals surface area contributed by atoms with Gasteiger partial charge in [0.1, 0.15) is 0 Å². The van der Waals surface area contributed by atoms with E-state index in [0.29, 0.717) is 28.3 Å². The van der Waals surface area contributed by atoms with Crippen molar-refractivity contribution in [2.45, 2.75) is 39.7 Å². The smallest absolute Gasteiger partial charge is 0.339 e. The van der Waals surface area contributed by atoms with Crippen LogP contribution < -0.4 is 10.6 Å². The van der Waals surface area contributed by atoms with Crippen molar-refractivity contribution >= 4 is 40.6 Å². The van der Waals surface area contributed by atoms with Crippen LogP contribution in [0.5, 0.6) is 0 Å². The van der Waals surface area contributed by atoms with Crippen molar-refractivity contribution in [2.75, 3.05) is 11.9 Å². The zero-order valence-electron chi connectivity index (χ0n) is 12.5. The molecule has 0 amide bonds. The van der Waals surface area contributed by atoms with Crippen LogP contribution >= 0.6 is 23.8 Å². The zero-order chi connectivity index (χ0) is 15.8. The van der Waals surface area contributed by atoms with Gasteiger partial charge in [0.05, 0.1) is 17.2 Å². The van der Waals surface area contributed by atoms with Gasteiger partial charge >= 0.3 is 5.97 Å². The quantitative estimate of drug-likeness (QED) is 0.611. The lowest BCUT2D eigenvalue weighted by molar-refractivity contribution is 0.0526. The molecule has 1 atom stereocenters. The molecule has 0 radical (unpaired) electrons. The average molecular weight is 329 g/mol. The highest BCUT2D eigenvalue weighted by molar-refractivity contribution is 7.80. The number of hydrogen-bond donors (Lipinski definition) is 2. The molecule has 1 aromatic rings. The van der Waals surface area contributed by atoms with Gasteiger partial charge in [-0.05, 0) is 50.7 Å². The molecule has 1 aromatic carbocycles. The molecule has 0 saturated carbocycles. The van der Waals surface area contributed by atoms with Gasteiger partial charge < -0.3 is 15.4 Å². The molecule has 1 rings (SSSR count). The molecule has 0 bridgehead atoms. The average Bonchev–Trinajstić information content (AvgIpc) is 2.38. The number of esters is 1. The predicted molar refractivity (Wildman–Crippen MR) is 91.1 cm³/mol. The van der Waals surface area contributed by atoms with Gasteiger partial charge in [0.25, 0.3) is 0 Å².